The zero-order chi connectivity index (χ0) is 14.6. The molecule has 0 aromatic heterocycles. The summed E-state index contributed by atoms with van der Waals surface area (Å²) in [7, 11) is -3.13. The van der Waals surface area contributed by atoms with Crippen molar-refractivity contribution in [3.63, 3.8) is 0 Å². The number of benzene rings is 1. The number of nitrogens with one attached hydrogen (secondary N) is 1. The molecule has 0 bridgehead atoms. The van der Waals surface area contributed by atoms with Crippen molar-refractivity contribution in [2.45, 2.75) is 50.3 Å². The van der Waals surface area contributed by atoms with Crippen LogP contribution in [-0.4, -0.2) is 21.2 Å². The van der Waals surface area contributed by atoms with Gasteiger partial charge in [-0.3, -0.25) is 0 Å². The van der Waals surface area contributed by atoms with Crippen LogP contribution in [0, 0.1) is 12.8 Å². The highest BCUT2D eigenvalue weighted by Gasteiger charge is 2.13. The minimum atomic E-state index is -3.13. The monoisotopic (exact) mass is 295 g/mol. The number of anilines is 1. The van der Waals surface area contributed by atoms with E-state index in [2.05, 4.69) is 5.32 Å². The Hall–Kier alpha value is -1.03. The summed E-state index contributed by atoms with van der Waals surface area (Å²) in [5, 5.41) is 3.46. The Balaban J connectivity index is 2.04. The molecule has 1 aromatic rings. The fourth-order valence-electron chi connectivity index (χ4n) is 2.84. The van der Waals surface area contributed by atoms with E-state index in [0.29, 0.717) is 4.90 Å². The fraction of sp³-hybridized carbons (Fsp3) is 0.625. The summed E-state index contributed by atoms with van der Waals surface area (Å²) < 4.78 is 23.2. The molecule has 20 heavy (non-hydrogen) atoms. The summed E-state index contributed by atoms with van der Waals surface area (Å²) in [5.74, 6) is 0.721. The molecule has 0 spiro atoms. The molecule has 2 rings (SSSR count). The molecule has 1 N–H and O–H groups in total. The summed E-state index contributed by atoms with van der Waals surface area (Å²) >= 11 is 0. The summed E-state index contributed by atoms with van der Waals surface area (Å²) in [5.41, 5.74) is 2.06. The molecule has 0 unspecified atom stereocenters. The second-order valence-corrected chi connectivity index (χ2v) is 8.00. The van der Waals surface area contributed by atoms with Gasteiger partial charge >= 0.3 is 0 Å². The van der Waals surface area contributed by atoms with Crippen molar-refractivity contribution in [2.24, 2.45) is 5.92 Å². The molecule has 112 valence electrons. The lowest BCUT2D eigenvalue weighted by Gasteiger charge is -2.17. The van der Waals surface area contributed by atoms with Crippen LogP contribution in [0.5, 0.6) is 0 Å². The SMILES string of the molecule is Cc1ccc(S(C)(=O)=O)cc1NCC1CCCCCC1. The number of hydrogen-bond donors (Lipinski definition) is 1. The Morgan fingerprint density at radius 1 is 1.15 bits per heavy atom. The zero-order valence-electron chi connectivity index (χ0n) is 12.5. The lowest BCUT2D eigenvalue weighted by Crippen LogP contribution is -2.14. The van der Waals surface area contributed by atoms with Gasteiger partial charge in [0.1, 0.15) is 0 Å². The van der Waals surface area contributed by atoms with Crippen LogP contribution in [0.2, 0.25) is 0 Å². The van der Waals surface area contributed by atoms with Gasteiger partial charge in [-0.05, 0) is 43.4 Å². The molecule has 1 aromatic carbocycles. The molecule has 1 aliphatic rings. The van der Waals surface area contributed by atoms with Crippen molar-refractivity contribution >= 4 is 15.5 Å². The maximum Gasteiger partial charge on any atom is 0.175 e. The summed E-state index contributed by atoms with van der Waals surface area (Å²) in [6.45, 7) is 2.97. The molecular weight excluding hydrogens is 270 g/mol. The lowest BCUT2D eigenvalue weighted by atomic mass is 10.0. The molecule has 0 atom stereocenters. The highest BCUT2D eigenvalue weighted by molar-refractivity contribution is 7.90. The zero-order valence-corrected chi connectivity index (χ0v) is 13.3. The standard InChI is InChI=1S/C16H25NO2S/c1-13-9-10-15(20(2,18)19)11-16(13)17-12-14-7-5-3-4-6-8-14/h9-11,14,17H,3-8,12H2,1-2H3. The molecule has 3 nitrogen and oxygen atoms in total. The Labute approximate surface area is 122 Å². The maximum absolute atomic E-state index is 11.6. The second-order valence-electron chi connectivity index (χ2n) is 5.99. The van der Waals surface area contributed by atoms with E-state index in [1.807, 2.05) is 13.0 Å². The van der Waals surface area contributed by atoms with Crippen LogP contribution >= 0.6 is 0 Å². The highest BCUT2D eigenvalue weighted by atomic mass is 32.2. The van der Waals surface area contributed by atoms with E-state index >= 15 is 0 Å². The van der Waals surface area contributed by atoms with Gasteiger partial charge in [-0.15, -0.1) is 0 Å². The fourth-order valence-corrected chi connectivity index (χ4v) is 3.49. The van der Waals surface area contributed by atoms with Gasteiger partial charge in [0.2, 0.25) is 0 Å². The predicted molar refractivity (Wildman–Crippen MR) is 84.0 cm³/mol. The van der Waals surface area contributed by atoms with E-state index < -0.39 is 9.84 Å². The quantitative estimate of drug-likeness (QED) is 0.860. The predicted octanol–water partition coefficient (Wildman–Crippen LogP) is 3.78. The molecule has 0 heterocycles. The van der Waals surface area contributed by atoms with Gasteiger partial charge in [0.05, 0.1) is 4.90 Å². The molecule has 4 heteroatoms. The molecular formula is C16H25NO2S. The van der Waals surface area contributed by atoms with Crippen LogP contribution < -0.4 is 5.32 Å². The molecule has 0 aliphatic heterocycles. The average Bonchev–Trinajstić information content (AvgIpc) is 2.65. The number of aryl methyl sites for hydroxylation is 1. The van der Waals surface area contributed by atoms with Gasteiger partial charge in [0.15, 0.2) is 9.84 Å². The summed E-state index contributed by atoms with van der Waals surface area (Å²) in [6.07, 6.45) is 9.21. The molecule has 0 saturated heterocycles. The van der Waals surface area contributed by atoms with Crippen LogP contribution in [0.4, 0.5) is 5.69 Å². The van der Waals surface area contributed by atoms with Crippen LogP contribution in [-0.2, 0) is 9.84 Å². The van der Waals surface area contributed by atoms with Crippen LogP contribution in [0.15, 0.2) is 23.1 Å². The number of sulfone groups is 1. The minimum absolute atomic E-state index is 0.395. The summed E-state index contributed by atoms with van der Waals surface area (Å²) in [4.78, 5) is 0.395. The first-order valence-corrected chi connectivity index (χ1v) is 9.40. The number of hydrogen-bond acceptors (Lipinski definition) is 3. The van der Waals surface area contributed by atoms with E-state index in [1.165, 1.54) is 44.8 Å². The van der Waals surface area contributed by atoms with Gasteiger partial charge in [0, 0.05) is 18.5 Å². The van der Waals surface area contributed by atoms with Crippen molar-refractivity contribution in [3.8, 4) is 0 Å². The third kappa shape index (κ3) is 4.23. The van der Waals surface area contributed by atoms with Crippen molar-refractivity contribution in [1.82, 2.24) is 0 Å². The van der Waals surface area contributed by atoms with Crippen LogP contribution in [0.3, 0.4) is 0 Å². The molecule has 0 amide bonds. The maximum atomic E-state index is 11.6. The van der Waals surface area contributed by atoms with Crippen LogP contribution in [0.25, 0.3) is 0 Å². The van der Waals surface area contributed by atoms with E-state index in [0.717, 1.165) is 23.7 Å². The Kier molecular flexibility index (Phi) is 5.08. The van der Waals surface area contributed by atoms with Gasteiger partial charge < -0.3 is 5.32 Å². The van der Waals surface area contributed by atoms with E-state index in [-0.39, 0.29) is 0 Å². The third-order valence-electron chi connectivity index (χ3n) is 4.19. The topological polar surface area (TPSA) is 46.2 Å². The van der Waals surface area contributed by atoms with Crippen molar-refractivity contribution in [2.75, 3.05) is 18.1 Å². The average molecular weight is 295 g/mol. The molecule has 1 fully saturated rings. The Bertz CT molecular complexity index is 544. The third-order valence-corrected chi connectivity index (χ3v) is 5.30. The first-order chi connectivity index (χ1) is 9.47. The van der Waals surface area contributed by atoms with Crippen molar-refractivity contribution in [1.29, 1.82) is 0 Å². The van der Waals surface area contributed by atoms with E-state index in [4.69, 9.17) is 0 Å². The van der Waals surface area contributed by atoms with Crippen molar-refractivity contribution < 1.29 is 8.42 Å². The smallest absolute Gasteiger partial charge is 0.175 e. The molecule has 0 radical (unpaired) electrons. The van der Waals surface area contributed by atoms with Gasteiger partial charge in [0.25, 0.3) is 0 Å². The summed E-state index contributed by atoms with van der Waals surface area (Å²) in [6, 6.07) is 5.33. The first-order valence-electron chi connectivity index (χ1n) is 7.51. The molecule has 1 aliphatic carbocycles. The largest absolute Gasteiger partial charge is 0.385 e. The minimum Gasteiger partial charge on any atom is -0.385 e. The van der Waals surface area contributed by atoms with E-state index in [9.17, 15) is 8.42 Å². The van der Waals surface area contributed by atoms with Gasteiger partial charge in [-0.1, -0.05) is 31.7 Å². The number of rotatable bonds is 4. The second kappa shape index (κ2) is 6.61. The highest BCUT2D eigenvalue weighted by Crippen LogP contribution is 2.25. The van der Waals surface area contributed by atoms with Crippen molar-refractivity contribution in [3.05, 3.63) is 23.8 Å². The van der Waals surface area contributed by atoms with Crippen LogP contribution in [0.1, 0.15) is 44.1 Å². The molecule has 1 saturated carbocycles. The Morgan fingerprint density at radius 2 is 1.80 bits per heavy atom. The lowest BCUT2D eigenvalue weighted by molar-refractivity contribution is 0.483. The normalized spacial score (nSPS) is 17.7. The van der Waals surface area contributed by atoms with Gasteiger partial charge in [-0.25, -0.2) is 8.42 Å². The van der Waals surface area contributed by atoms with Gasteiger partial charge in [-0.2, -0.15) is 0 Å². The first kappa shape index (κ1) is 15.4. The Morgan fingerprint density at radius 3 is 2.40 bits per heavy atom. The van der Waals surface area contributed by atoms with E-state index in [1.54, 1.807) is 12.1 Å².